The van der Waals surface area contributed by atoms with Crippen molar-refractivity contribution in [1.82, 2.24) is 9.71 Å². The van der Waals surface area contributed by atoms with Gasteiger partial charge >= 0.3 is 0 Å². The van der Waals surface area contributed by atoms with Crippen LogP contribution in [0.1, 0.15) is 29.3 Å². The Morgan fingerprint density at radius 1 is 1.14 bits per heavy atom. The van der Waals surface area contributed by atoms with Gasteiger partial charge in [0.15, 0.2) is 0 Å². The average molecular weight is 421 g/mol. The van der Waals surface area contributed by atoms with E-state index < -0.39 is 10.0 Å². The first kappa shape index (κ1) is 20.7. The van der Waals surface area contributed by atoms with Crippen LogP contribution in [0.3, 0.4) is 0 Å². The van der Waals surface area contributed by atoms with Crippen LogP contribution in [0.5, 0.6) is 5.75 Å². The van der Waals surface area contributed by atoms with Gasteiger partial charge < -0.3 is 9.72 Å². The molecule has 0 spiro atoms. The molecule has 1 aromatic heterocycles. The van der Waals surface area contributed by atoms with Crippen molar-refractivity contribution in [1.29, 1.82) is 0 Å². The van der Waals surface area contributed by atoms with Crippen molar-refractivity contribution < 1.29 is 13.2 Å². The molecule has 3 rings (SSSR count). The maximum atomic E-state index is 12.8. The van der Waals surface area contributed by atoms with Crippen molar-refractivity contribution in [3.05, 3.63) is 57.7 Å². The molecule has 0 aliphatic carbocycles. The van der Waals surface area contributed by atoms with Gasteiger partial charge in [-0.3, -0.25) is 0 Å². The third kappa shape index (κ3) is 4.04. The topological polar surface area (TPSA) is 71.2 Å². The molecular formula is C21H25ClN2O3S. The van der Waals surface area contributed by atoms with Crippen molar-refractivity contribution in [2.24, 2.45) is 0 Å². The molecule has 0 unspecified atom stereocenters. The molecule has 0 aliphatic rings. The summed E-state index contributed by atoms with van der Waals surface area (Å²) in [6.45, 7) is 8.35. The number of para-hydroxylation sites is 1. The lowest BCUT2D eigenvalue weighted by Gasteiger charge is -2.14. The number of aryl methyl sites for hydroxylation is 3. The van der Waals surface area contributed by atoms with Crippen molar-refractivity contribution in [3.63, 3.8) is 0 Å². The second-order valence-electron chi connectivity index (χ2n) is 6.85. The molecule has 0 bridgehead atoms. The summed E-state index contributed by atoms with van der Waals surface area (Å²) in [5.74, 6) is 0.713. The van der Waals surface area contributed by atoms with Crippen LogP contribution in [0.4, 0.5) is 0 Å². The monoisotopic (exact) mass is 420 g/mol. The second-order valence-corrected chi connectivity index (χ2v) is 9.00. The molecule has 0 radical (unpaired) electrons. The van der Waals surface area contributed by atoms with E-state index in [2.05, 4.69) is 9.71 Å². The van der Waals surface area contributed by atoms with Gasteiger partial charge in [-0.2, -0.15) is 0 Å². The number of halogens is 1. The number of ether oxygens (including phenoxy) is 1. The summed E-state index contributed by atoms with van der Waals surface area (Å²) in [4.78, 5) is 3.57. The highest BCUT2D eigenvalue weighted by Crippen LogP contribution is 2.29. The minimum Gasteiger partial charge on any atom is -0.494 e. The van der Waals surface area contributed by atoms with Crippen LogP contribution in [0.2, 0.25) is 5.02 Å². The highest BCUT2D eigenvalue weighted by Gasteiger charge is 2.19. The van der Waals surface area contributed by atoms with E-state index >= 15 is 0 Å². The molecule has 5 nitrogen and oxygen atoms in total. The predicted molar refractivity (Wildman–Crippen MR) is 114 cm³/mol. The summed E-state index contributed by atoms with van der Waals surface area (Å²) in [5.41, 5.74) is 4.42. The van der Waals surface area contributed by atoms with E-state index in [4.69, 9.17) is 16.3 Å². The number of hydrogen-bond donors (Lipinski definition) is 2. The number of aromatic nitrogens is 1. The van der Waals surface area contributed by atoms with Crippen LogP contribution in [-0.4, -0.2) is 26.6 Å². The van der Waals surface area contributed by atoms with Crippen LogP contribution >= 0.6 is 11.6 Å². The van der Waals surface area contributed by atoms with Crippen molar-refractivity contribution in [3.8, 4) is 5.75 Å². The van der Waals surface area contributed by atoms with E-state index in [0.29, 0.717) is 35.9 Å². The van der Waals surface area contributed by atoms with Gasteiger partial charge in [-0.1, -0.05) is 23.7 Å². The number of aromatic amines is 1. The fraction of sp³-hybridized carbons (Fsp3) is 0.333. The molecule has 3 aromatic rings. The number of rotatable bonds is 7. The third-order valence-corrected chi connectivity index (χ3v) is 6.75. The van der Waals surface area contributed by atoms with Crippen LogP contribution in [0.25, 0.3) is 10.9 Å². The van der Waals surface area contributed by atoms with Gasteiger partial charge in [0.2, 0.25) is 10.0 Å². The van der Waals surface area contributed by atoms with E-state index in [1.807, 2.05) is 39.0 Å². The molecule has 7 heteroatoms. The summed E-state index contributed by atoms with van der Waals surface area (Å²) in [5, 5.41) is 1.69. The van der Waals surface area contributed by atoms with Gasteiger partial charge in [-0.15, -0.1) is 0 Å². The number of benzene rings is 2. The lowest BCUT2D eigenvalue weighted by molar-refractivity contribution is 0.337. The van der Waals surface area contributed by atoms with Crippen LogP contribution < -0.4 is 9.46 Å². The molecule has 2 N–H and O–H groups in total. The Bertz CT molecular complexity index is 1120. The molecule has 0 saturated carbocycles. The first-order valence-electron chi connectivity index (χ1n) is 9.24. The maximum Gasteiger partial charge on any atom is 0.240 e. The SMILES string of the molecule is CCOc1cc(C)c(S(=O)(=O)NCCc2c(C)[nH]c3c(Cl)cccc23)cc1C. The molecule has 28 heavy (non-hydrogen) atoms. The standard InChI is InChI=1S/C21H25ClN2O3S/c1-5-27-19-11-14(3)20(12-13(19)2)28(25,26)23-10-9-16-15(4)24-21-17(16)7-6-8-18(21)22/h6-8,11-12,23-24H,5,9-10H2,1-4H3. The Morgan fingerprint density at radius 3 is 2.61 bits per heavy atom. The van der Waals surface area contributed by atoms with Crippen LogP contribution in [0, 0.1) is 20.8 Å². The normalized spacial score (nSPS) is 11.9. The average Bonchev–Trinajstić information content (AvgIpc) is 2.95. The lowest BCUT2D eigenvalue weighted by Crippen LogP contribution is -2.27. The van der Waals surface area contributed by atoms with Crippen LogP contribution in [0.15, 0.2) is 35.2 Å². The molecule has 2 aromatic carbocycles. The maximum absolute atomic E-state index is 12.8. The zero-order valence-corrected chi connectivity index (χ0v) is 18.1. The zero-order valence-electron chi connectivity index (χ0n) is 16.5. The van der Waals surface area contributed by atoms with Gasteiger partial charge in [0.05, 0.1) is 22.0 Å². The molecule has 150 valence electrons. The molecule has 0 atom stereocenters. The zero-order chi connectivity index (χ0) is 20.5. The molecular weight excluding hydrogens is 396 g/mol. The molecule has 0 amide bonds. The van der Waals surface area contributed by atoms with Crippen molar-refractivity contribution in [2.45, 2.75) is 39.0 Å². The third-order valence-electron chi connectivity index (χ3n) is 4.83. The van der Waals surface area contributed by atoms with E-state index in [9.17, 15) is 8.42 Å². The molecule has 0 saturated heterocycles. The van der Waals surface area contributed by atoms with Gasteiger partial charge in [-0.05, 0) is 69.0 Å². The predicted octanol–water partition coefficient (Wildman–Crippen LogP) is 4.67. The first-order chi connectivity index (χ1) is 13.2. The first-order valence-corrected chi connectivity index (χ1v) is 11.1. The molecule has 0 fully saturated rings. The number of fused-ring (bicyclic) bond motifs is 1. The fourth-order valence-corrected chi connectivity index (χ4v) is 5.00. The molecule has 1 heterocycles. The van der Waals surface area contributed by atoms with Crippen molar-refractivity contribution in [2.75, 3.05) is 13.2 Å². The van der Waals surface area contributed by atoms with E-state index in [0.717, 1.165) is 27.7 Å². The summed E-state index contributed by atoms with van der Waals surface area (Å²) in [7, 11) is -3.61. The fourth-order valence-electron chi connectivity index (χ4n) is 3.44. The summed E-state index contributed by atoms with van der Waals surface area (Å²) < 4.78 is 33.9. The van der Waals surface area contributed by atoms with Gasteiger partial charge in [0.1, 0.15) is 5.75 Å². The van der Waals surface area contributed by atoms with E-state index in [-0.39, 0.29) is 4.90 Å². The van der Waals surface area contributed by atoms with Gasteiger partial charge in [0.25, 0.3) is 0 Å². The minimum atomic E-state index is -3.61. The Balaban J connectivity index is 1.79. The summed E-state index contributed by atoms with van der Waals surface area (Å²) in [6.07, 6.45) is 0.570. The highest BCUT2D eigenvalue weighted by molar-refractivity contribution is 7.89. The smallest absolute Gasteiger partial charge is 0.240 e. The minimum absolute atomic E-state index is 0.284. The van der Waals surface area contributed by atoms with E-state index in [1.54, 1.807) is 19.1 Å². The van der Waals surface area contributed by atoms with Crippen LogP contribution in [-0.2, 0) is 16.4 Å². The van der Waals surface area contributed by atoms with E-state index in [1.165, 1.54) is 0 Å². The number of hydrogen-bond acceptors (Lipinski definition) is 3. The Hall–Kier alpha value is -2.02. The van der Waals surface area contributed by atoms with Gasteiger partial charge in [0, 0.05) is 17.6 Å². The quantitative estimate of drug-likeness (QED) is 0.583. The number of sulfonamides is 1. The summed E-state index contributed by atoms with van der Waals surface area (Å²) >= 11 is 6.24. The number of H-pyrrole nitrogens is 1. The highest BCUT2D eigenvalue weighted by atomic mass is 35.5. The Labute approximate surface area is 171 Å². The number of nitrogens with one attached hydrogen (secondary N) is 2. The van der Waals surface area contributed by atoms with Gasteiger partial charge in [-0.25, -0.2) is 13.1 Å². The Morgan fingerprint density at radius 2 is 1.89 bits per heavy atom. The Kier molecular flexibility index (Phi) is 6.03. The molecule has 0 aliphatic heterocycles. The second kappa shape index (κ2) is 8.15. The van der Waals surface area contributed by atoms with Crippen molar-refractivity contribution >= 4 is 32.5 Å². The summed E-state index contributed by atoms with van der Waals surface area (Å²) in [6, 6.07) is 9.17. The largest absolute Gasteiger partial charge is 0.494 e. The lowest BCUT2D eigenvalue weighted by atomic mass is 10.1.